The van der Waals surface area contributed by atoms with E-state index in [1.54, 1.807) is 84.9 Å². The van der Waals surface area contributed by atoms with E-state index in [4.69, 9.17) is 21.1 Å². The summed E-state index contributed by atoms with van der Waals surface area (Å²) in [6, 6.07) is 37.5. The molecule has 3 N–H and O–H groups in total. The number of methoxy groups -OCH3 is 1. The second-order valence-corrected chi connectivity index (χ2v) is 12.2. The summed E-state index contributed by atoms with van der Waals surface area (Å²) in [6.07, 6.45) is 1.61. The molecule has 0 saturated heterocycles. The highest BCUT2D eigenvalue weighted by molar-refractivity contribution is 8.00. The van der Waals surface area contributed by atoms with Crippen LogP contribution in [-0.4, -0.2) is 31.4 Å². The van der Waals surface area contributed by atoms with Crippen LogP contribution in [0, 0.1) is 0 Å². The number of nitrogens with one attached hydrogen (secondary N) is 3. The second-order valence-electron chi connectivity index (χ2n) is 10.6. The minimum absolute atomic E-state index is 0.0636. The van der Waals surface area contributed by atoms with Crippen molar-refractivity contribution in [3.05, 3.63) is 155 Å². The lowest BCUT2D eigenvalue weighted by molar-refractivity contribution is -0.116. The Kier molecular flexibility index (Phi) is 12.1. The number of carbonyl (C=O) groups excluding carboxylic acids is 3. The van der Waals surface area contributed by atoms with E-state index in [1.165, 1.54) is 18.9 Å². The van der Waals surface area contributed by atoms with Crippen molar-refractivity contribution in [1.29, 1.82) is 0 Å². The lowest BCUT2D eigenvalue weighted by Gasteiger charge is -2.19. The highest BCUT2D eigenvalue weighted by Gasteiger charge is 2.24. The number of benzene rings is 5. The van der Waals surface area contributed by atoms with Crippen LogP contribution in [0.4, 0.5) is 11.4 Å². The zero-order chi connectivity index (χ0) is 34.6. The molecule has 0 radical (unpaired) electrons. The number of hydrogen-bond acceptors (Lipinski definition) is 6. The number of carbonyl (C=O) groups is 3. The third kappa shape index (κ3) is 9.76. The van der Waals surface area contributed by atoms with Gasteiger partial charge in [0.25, 0.3) is 11.8 Å². The van der Waals surface area contributed by atoms with Gasteiger partial charge in [0, 0.05) is 21.2 Å². The van der Waals surface area contributed by atoms with Gasteiger partial charge in [0.15, 0.2) is 0 Å². The van der Waals surface area contributed by atoms with Crippen LogP contribution in [0.2, 0.25) is 5.02 Å². The monoisotopic (exact) mass is 691 g/mol. The van der Waals surface area contributed by atoms with Gasteiger partial charge in [0.2, 0.25) is 5.91 Å². The highest BCUT2D eigenvalue weighted by Crippen LogP contribution is 2.38. The summed E-state index contributed by atoms with van der Waals surface area (Å²) >= 11 is 7.55. The highest BCUT2D eigenvalue weighted by atomic mass is 35.5. The summed E-state index contributed by atoms with van der Waals surface area (Å²) in [4.78, 5) is 41.0. The van der Waals surface area contributed by atoms with Crippen molar-refractivity contribution in [3.8, 4) is 11.5 Å². The first kappa shape index (κ1) is 34.8. The molecule has 8 nitrogen and oxygen atoms in total. The molecule has 0 aliphatic rings. The maximum Gasteiger partial charge on any atom is 0.272 e. The van der Waals surface area contributed by atoms with Crippen LogP contribution in [0.15, 0.2) is 138 Å². The molecule has 3 amide bonds. The zero-order valence-corrected chi connectivity index (χ0v) is 28.4. The lowest BCUT2D eigenvalue weighted by Crippen LogP contribution is -2.30. The van der Waals surface area contributed by atoms with Crippen molar-refractivity contribution < 1.29 is 23.9 Å². The van der Waals surface area contributed by atoms with Gasteiger partial charge < -0.3 is 25.4 Å². The number of thioether (sulfide) groups is 1. The average molecular weight is 692 g/mol. The number of halogens is 1. The number of ether oxygens (including phenoxy) is 2. The maximum atomic E-state index is 13.6. The van der Waals surface area contributed by atoms with Crippen LogP contribution < -0.4 is 25.4 Å². The van der Waals surface area contributed by atoms with Crippen molar-refractivity contribution in [1.82, 2.24) is 5.32 Å². The molecule has 0 fully saturated rings. The molecule has 49 heavy (non-hydrogen) atoms. The SMILES string of the molecule is CCOc1ccc(/C=C(\NC(=O)c2ccccc2)C(=O)Nc2ccc(SC(C(=O)Nc3cc(Cl)ccc3OC)c3ccccc3)cc2)cc1. The van der Waals surface area contributed by atoms with Gasteiger partial charge in [-0.25, -0.2) is 0 Å². The molecular weight excluding hydrogens is 658 g/mol. The molecule has 0 saturated carbocycles. The Labute approximate surface area is 294 Å². The Morgan fingerprint density at radius 1 is 0.816 bits per heavy atom. The van der Waals surface area contributed by atoms with Gasteiger partial charge in [0.1, 0.15) is 22.4 Å². The van der Waals surface area contributed by atoms with E-state index in [9.17, 15) is 14.4 Å². The fourth-order valence-electron chi connectivity index (χ4n) is 4.76. The molecule has 5 rings (SSSR count). The van der Waals surface area contributed by atoms with Crippen LogP contribution in [-0.2, 0) is 9.59 Å². The normalized spacial score (nSPS) is 11.6. The lowest BCUT2D eigenvalue weighted by atomic mass is 10.1. The number of rotatable bonds is 13. The smallest absolute Gasteiger partial charge is 0.272 e. The van der Waals surface area contributed by atoms with E-state index < -0.39 is 17.1 Å². The van der Waals surface area contributed by atoms with Gasteiger partial charge in [-0.3, -0.25) is 14.4 Å². The number of hydrogen-bond donors (Lipinski definition) is 3. The predicted octanol–water partition coefficient (Wildman–Crippen LogP) is 8.63. The van der Waals surface area contributed by atoms with Crippen LogP contribution in [0.1, 0.15) is 33.7 Å². The second kappa shape index (κ2) is 17.1. The van der Waals surface area contributed by atoms with E-state index in [2.05, 4.69) is 16.0 Å². The van der Waals surface area contributed by atoms with Crippen LogP contribution in [0.3, 0.4) is 0 Å². The Morgan fingerprint density at radius 2 is 1.49 bits per heavy atom. The third-order valence-electron chi connectivity index (χ3n) is 7.16. The molecule has 1 unspecified atom stereocenters. The van der Waals surface area contributed by atoms with Crippen LogP contribution >= 0.6 is 23.4 Å². The summed E-state index contributed by atoms with van der Waals surface area (Å²) in [7, 11) is 1.53. The number of amides is 3. The molecule has 0 heterocycles. The largest absolute Gasteiger partial charge is 0.495 e. The van der Waals surface area contributed by atoms with Gasteiger partial charge in [-0.15, -0.1) is 11.8 Å². The van der Waals surface area contributed by atoms with Gasteiger partial charge in [-0.2, -0.15) is 0 Å². The summed E-state index contributed by atoms with van der Waals surface area (Å²) in [5.41, 5.74) is 2.96. The molecule has 5 aromatic carbocycles. The standard InChI is InChI=1S/C39H34ClN3O5S/c1-3-48-31-19-14-26(15-20-31)24-34(43-37(44)28-12-8-5-9-13-28)38(45)41-30-17-21-32(22-18-30)49-36(27-10-6-4-7-11-27)39(46)42-33-25-29(40)16-23-35(33)47-2/h4-25,36H,3H2,1-2H3,(H,41,45)(H,42,46)(H,43,44)/b34-24-. The van der Waals surface area contributed by atoms with E-state index in [-0.39, 0.29) is 11.6 Å². The summed E-state index contributed by atoms with van der Waals surface area (Å²) < 4.78 is 10.9. The first-order chi connectivity index (χ1) is 23.8. The van der Waals surface area contributed by atoms with Crippen LogP contribution in [0.25, 0.3) is 6.08 Å². The molecule has 10 heteroatoms. The molecule has 0 aromatic heterocycles. The fourth-order valence-corrected chi connectivity index (χ4v) is 5.96. The minimum Gasteiger partial charge on any atom is -0.495 e. The fraction of sp³-hybridized carbons (Fsp3) is 0.103. The molecule has 0 spiro atoms. The first-order valence-corrected chi connectivity index (χ1v) is 16.7. The van der Waals surface area contributed by atoms with Gasteiger partial charge >= 0.3 is 0 Å². The Bertz CT molecular complexity index is 1920. The van der Waals surface area contributed by atoms with Crippen molar-refractivity contribution in [3.63, 3.8) is 0 Å². The molecule has 1 atom stereocenters. The average Bonchev–Trinajstić information content (AvgIpc) is 3.12. The van der Waals surface area contributed by atoms with E-state index in [0.29, 0.717) is 45.6 Å². The van der Waals surface area contributed by atoms with Crippen molar-refractivity contribution in [2.75, 3.05) is 24.4 Å². The van der Waals surface area contributed by atoms with Gasteiger partial charge in [-0.1, -0.05) is 72.3 Å². The van der Waals surface area contributed by atoms with E-state index >= 15 is 0 Å². The van der Waals surface area contributed by atoms with Crippen molar-refractivity contribution in [2.45, 2.75) is 17.1 Å². The summed E-state index contributed by atoms with van der Waals surface area (Å²) in [5.74, 6) is 0.0157. The maximum absolute atomic E-state index is 13.6. The summed E-state index contributed by atoms with van der Waals surface area (Å²) in [5, 5.41) is 8.44. The molecule has 248 valence electrons. The van der Waals surface area contributed by atoms with Gasteiger partial charge in [0.05, 0.1) is 19.4 Å². The predicted molar refractivity (Wildman–Crippen MR) is 196 cm³/mol. The first-order valence-electron chi connectivity index (χ1n) is 15.4. The topological polar surface area (TPSA) is 106 Å². The molecule has 0 bridgehead atoms. The van der Waals surface area contributed by atoms with Gasteiger partial charge in [-0.05, 0) is 90.9 Å². The zero-order valence-electron chi connectivity index (χ0n) is 26.8. The van der Waals surface area contributed by atoms with Crippen molar-refractivity contribution >= 4 is 58.5 Å². The van der Waals surface area contributed by atoms with Crippen molar-refractivity contribution in [2.24, 2.45) is 0 Å². The Hall–Kier alpha value is -5.51. The summed E-state index contributed by atoms with van der Waals surface area (Å²) in [6.45, 7) is 2.44. The molecule has 0 aliphatic carbocycles. The molecule has 0 aliphatic heterocycles. The van der Waals surface area contributed by atoms with E-state index in [0.717, 1.165) is 10.5 Å². The van der Waals surface area contributed by atoms with Crippen LogP contribution in [0.5, 0.6) is 11.5 Å². The van der Waals surface area contributed by atoms with E-state index in [1.807, 2.05) is 55.5 Å². The Balaban J connectivity index is 1.34. The quantitative estimate of drug-likeness (QED) is 0.0843. The Morgan fingerprint density at radius 3 is 2.14 bits per heavy atom. The number of anilines is 2. The molecule has 5 aromatic rings. The minimum atomic E-state index is -0.609. The molecular formula is C39H34ClN3O5S. The third-order valence-corrected chi connectivity index (χ3v) is 8.66.